The zero-order valence-electron chi connectivity index (χ0n) is 10.2. The molecule has 0 N–H and O–H groups in total. The number of fused-ring (bicyclic) bond motifs is 1. The van der Waals surface area contributed by atoms with Crippen molar-refractivity contribution >= 4 is 27.0 Å². The summed E-state index contributed by atoms with van der Waals surface area (Å²) in [6.45, 7) is 5.77. The van der Waals surface area contributed by atoms with Gasteiger partial charge in [0.15, 0.2) is 4.73 Å². The van der Waals surface area contributed by atoms with E-state index in [-0.39, 0.29) is 0 Å². The van der Waals surface area contributed by atoms with E-state index in [1.54, 1.807) is 0 Å². The number of aromatic nitrogens is 2. The normalized spacial score (nSPS) is 17.4. The zero-order valence-corrected chi connectivity index (χ0v) is 11.8. The predicted octanol–water partition coefficient (Wildman–Crippen LogP) is 2.13. The third-order valence-electron chi connectivity index (χ3n) is 3.35. The van der Waals surface area contributed by atoms with E-state index in [2.05, 4.69) is 42.5 Å². The molecule has 1 aromatic heterocycles. The van der Waals surface area contributed by atoms with E-state index in [9.17, 15) is 0 Å². The van der Waals surface area contributed by atoms with Crippen molar-refractivity contribution in [2.45, 2.75) is 6.54 Å². The van der Waals surface area contributed by atoms with Crippen molar-refractivity contribution in [3.05, 3.63) is 29.0 Å². The smallest absolute Gasteiger partial charge is 0.178 e. The van der Waals surface area contributed by atoms with E-state index in [1.807, 2.05) is 12.1 Å². The van der Waals surface area contributed by atoms with Crippen LogP contribution < -0.4 is 0 Å². The third kappa shape index (κ3) is 2.43. The lowest BCUT2D eigenvalue weighted by Gasteiger charge is -2.26. The quantitative estimate of drug-likeness (QED) is 0.870. The summed E-state index contributed by atoms with van der Waals surface area (Å²) in [4.78, 5) is 6.95. The Morgan fingerprint density at radius 3 is 2.78 bits per heavy atom. The van der Waals surface area contributed by atoms with E-state index >= 15 is 0 Å². The summed E-state index contributed by atoms with van der Waals surface area (Å²) in [5, 5.41) is 0. The van der Waals surface area contributed by atoms with Crippen LogP contribution in [-0.2, 0) is 11.3 Å². The van der Waals surface area contributed by atoms with E-state index in [0.717, 1.165) is 49.6 Å². The van der Waals surface area contributed by atoms with Crippen molar-refractivity contribution in [1.82, 2.24) is 14.5 Å². The van der Waals surface area contributed by atoms with Gasteiger partial charge in [0.1, 0.15) is 0 Å². The van der Waals surface area contributed by atoms with Crippen LogP contribution >= 0.6 is 15.9 Å². The molecule has 0 spiro atoms. The molecule has 5 heteroatoms. The Morgan fingerprint density at radius 2 is 1.94 bits per heavy atom. The van der Waals surface area contributed by atoms with Crippen LogP contribution in [0.3, 0.4) is 0 Å². The second-order valence-electron chi connectivity index (χ2n) is 4.48. The molecule has 0 radical (unpaired) electrons. The lowest BCUT2D eigenvalue weighted by molar-refractivity contribution is 0.0364. The molecule has 1 saturated heterocycles. The number of hydrogen-bond acceptors (Lipinski definition) is 3. The van der Waals surface area contributed by atoms with Crippen molar-refractivity contribution in [3.8, 4) is 0 Å². The number of rotatable bonds is 3. The van der Waals surface area contributed by atoms with Gasteiger partial charge >= 0.3 is 0 Å². The number of imidazole rings is 1. The van der Waals surface area contributed by atoms with E-state index in [1.165, 1.54) is 5.52 Å². The first-order valence-electron chi connectivity index (χ1n) is 6.25. The number of hydrogen-bond donors (Lipinski definition) is 0. The van der Waals surface area contributed by atoms with Gasteiger partial charge in [-0.15, -0.1) is 0 Å². The topological polar surface area (TPSA) is 30.3 Å². The molecule has 2 aromatic rings. The molecule has 2 heterocycles. The van der Waals surface area contributed by atoms with Gasteiger partial charge in [0, 0.05) is 26.2 Å². The summed E-state index contributed by atoms with van der Waals surface area (Å²) in [5.74, 6) is 0. The van der Waals surface area contributed by atoms with Crippen LogP contribution in [0.1, 0.15) is 0 Å². The maximum absolute atomic E-state index is 5.36. The summed E-state index contributed by atoms with van der Waals surface area (Å²) in [6.07, 6.45) is 0. The highest BCUT2D eigenvalue weighted by Gasteiger charge is 2.12. The van der Waals surface area contributed by atoms with Gasteiger partial charge in [-0.2, -0.15) is 0 Å². The summed E-state index contributed by atoms with van der Waals surface area (Å²) < 4.78 is 8.50. The monoisotopic (exact) mass is 309 g/mol. The van der Waals surface area contributed by atoms with Gasteiger partial charge in [0.05, 0.1) is 24.2 Å². The number of ether oxygens (including phenoxy) is 1. The predicted molar refractivity (Wildman–Crippen MR) is 74.7 cm³/mol. The lowest BCUT2D eigenvalue weighted by atomic mass is 10.3. The van der Waals surface area contributed by atoms with Gasteiger partial charge < -0.3 is 9.30 Å². The molecule has 4 nitrogen and oxygen atoms in total. The molecule has 0 amide bonds. The van der Waals surface area contributed by atoms with Crippen LogP contribution in [-0.4, -0.2) is 47.3 Å². The molecule has 1 fully saturated rings. The van der Waals surface area contributed by atoms with Crippen LogP contribution in [0, 0.1) is 0 Å². The van der Waals surface area contributed by atoms with Crippen molar-refractivity contribution in [2.75, 3.05) is 32.8 Å². The molecule has 96 valence electrons. The van der Waals surface area contributed by atoms with E-state index < -0.39 is 0 Å². The molecular formula is C13H16BrN3O. The maximum atomic E-state index is 5.36. The van der Waals surface area contributed by atoms with Crippen LogP contribution in [0.25, 0.3) is 11.0 Å². The molecule has 0 bridgehead atoms. The largest absolute Gasteiger partial charge is 0.379 e. The average molecular weight is 310 g/mol. The molecule has 0 aliphatic carbocycles. The number of halogens is 1. The van der Waals surface area contributed by atoms with Crippen LogP contribution in [0.4, 0.5) is 0 Å². The van der Waals surface area contributed by atoms with Gasteiger partial charge in [-0.1, -0.05) is 12.1 Å². The Morgan fingerprint density at radius 1 is 1.17 bits per heavy atom. The standard InChI is InChI=1S/C13H16BrN3O/c14-13-15-11-3-1-2-4-12(11)17(13)6-5-16-7-9-18-10-8-16/h1-4H,5-10H2. The molecule has 0 atom stereocenters. The van der Waals surface area contributed by atoms with Gasteiger partial charge in [-0.25, -0.2) is 4.98 Å². The Bertz CT molecular complexity index is 534. The minimum atomic E-state index is 0.853. The molecule has 1 aliphatic rings. The Hall–Kier alpha value is -0.910. The summed E-state index contributed by atoms with van der Waals surface area (Å²) in [7, 11) is 0. The zero-order chi connectivity index (χ0) is 12.4. The molecule has 1 aliphatic heterocycles. The summed E-state index contributed by atoms with van der Waals surface area (Å²) >= 11 is 3.54. The number of benzene rings is 1. The average Bonchev–Trinajstić information content (AvgIpc) is 2.73. The fraction of sp³-hybridized carbons (Fsp3) is 0.462. The summed E-state index contributed by atoms with van der Waals surface area (Å²) in [6, 6.07) is 8.24. The van der Waals surface area contributed by atoms with Crippen molar-refractivity contribution < 1.29 is 4.74 Å². The minimum Gasteiger partial charge on any atom is -0.379 e. The lowest BCUT2D eigenvalue weighted by Crippen LogP contribution is -2.38. The minimum absolute atomic E-state index is 0.853. The van der Waals surface area contributed by atoms with Gasteiger partial charge in [0.2, 0.25) is 0 Å². The van der Waals surface area contributed by atoms with Gasteiger partial charge in [-0.3, -0.25) is 4.90 Å². The SMILES string of the molecule is Brc1nc2ccccc2n1CCN1CCOCC1. The fourth-order valence-corrected chi connectivity index (χ4v) is 2.88. The van der Waals surface area contributed by atoms with Crippen molar-refractivity contribution in [1.29, 1.82) is 0 Å². The molecule has 0 unspecified atom stereocenters. The van der Waals surface area contributed by atoms with Crippen LogP contribution in [0.2, 0.25) is 0 Å². The number of morpholine rings is 1. The first-order valence-corrected chi connectivity index (χ1v) is 7.05. The Kier molecular flexibility index (Phi) is 3.63. The number of para-hydroxylation sites is 2. The van der Waals surface area contributed by atoms with Gasteiger partial charge in [0.25, 0.3) is 0 Å². The maximum Gasteiger partial charge on any atom is 0.178 e. The molecule has 0 saturated carbocycles. The van der Waals surface area contributed by atoms with E-state index in [4.69, 9.17) is 4.74 Å². The fourth-order valence-electron chi connectivity index (χ4n) is 2.32. The summed E-state index contributed by atoms with van der Waals surface area (Å²) in [5.41, 5.74) is 2.24. The van der Waals surface area contributed by atoms with Crippen molar-refractivity contribution in [2.24, 2.45) is 0 Å². The van der Waals surface area contributed by atoms with Crippen molar-refractivity contribution in [3.63, 3.8) is 0 Å². The highest BCUT2D eigenvalue weighted by molar-refractivity contribution is 9.10. The first kappa shape index (κ1) is 12.1. The van der Waals surface area contributed by atoms with Crippen LogP contribution in [0.5, 0.6) is 0 Å². The van der Waals surface area contributed by atoms with E-state index in [0.29, 0.717) is 0 Å². The number of nitrogens with zero attached hydrogens (tertiary/aromatic N) is 3. The molecule has 18 heavy (non-hydrogen) atoms. The second-order valence-corrected chi connectivity index (χ2v) is 5.18. The second kappa shape index (κ2) is 5.38. The third-order valence-corrected chi connectivity index (χ3v) is 3.96. The van der Waals surface area contributed by atoms with Gasteiger partial charge in [-0.05, 0) is 28.1 Å². The molecule has 1 aromatic carbocycles. The first-order chi connectivity index (χ1) is 8.84. The Labute approximate surface area is 115 Å². The highest BCUT2D eigenvalue weighted by Crippen LogP contribution is 2.19. The molecule has 3 rings (SSSR count). The Balaban J connectivity index is 1.75. The highest BCUT2D eigenvalue weighted by atomic mass is 79.9. The molecular weight excluding hydrogens is 294 g/mol. The van der Waals surface area contributed by atoms with Crippen LogP contribution in [0.15, 0.2) is 29.0 Å².